The molecule has 3 heterocycles. The molecule has 0 aliphatic carbocycles. The summed E-state index contributed by atoms with van der Waals surface area (Å²) in [6.07, 6.45) is 0. The molecule has 12 nitrogen and oxygen atoms in total. The summed E-state index contributed by atoms with van der Waals surface area (Å²) in [5.74, 6) is 2.57. The Labute approximate surface area is 303 Å². The number of methoxy groups -OCH3 is 1. The molecule has 262 valence electrons. The fourth-order valence-electron chi connectivity index (χ4n) is 6.08. The van der Waals surface area contributed by atoms with Gasteiger partial charge in [0.25, 0.3) is 5.56 Å². The summed E-state index contributed by atoms with van der Waals surface area (Å²) in [6, 6.07) is 24.9. The van der Waals surface area contributed by atoms with Crippen molar-refractivity contribution in [3.63, 3.8) is 0 Å². The first kappa shape index (κ1) is 34.6. The van der Waals surface area contributed by atoms with Crippen LogP contribution in [0.3, 0.4) is 0 Å². The minimum absolute atomic E-state index is 0.175. The average molecular weight is 744 g/mol. The van der Waals surface area contributed by atoms with Crippen molar-refractivity contribution in [3.8, 4) is 22.9 Å². The highest BCUT2D eigenvalue weighted by Gasteiger charge is 2.24. The van der Waals surface area contributed by atoms with Gasteiger partial charge >= 0.3 is 0 Å². The van der Waals surface area contributed by atoms with E-state index in [9.17, 15) is 13.2 Å². The quantitative estimate of drug-likeness (QED) is 0.125. The molecule has 15 heteroatoms. The Kier molecular flexibility index (Phi) is 9.50. The van der Waals surface area contributed by atoms with E-state index in [4.69, 9.17) is 26.1 Å². The van der Waals surface area contributed by atoms with Crippen LogP contribution in [0.1, 0.15) is 26.6 Å². The number of rotatable bonds is 12. The fourth-order valence-corrected chi connectivity index (χ4v) is 8.67. The molecule has 0 amide bonds. The molecule has 51 heavy (non-hydrogen) atoms. The highest BCUT2D eigenvalue weighted by molar-refractivity contribution is 7.98. The molecule has 4 aromatic carbocycles. The molecule has 7 rings (SSSR count). The lowest BCUT2D eigenvalue weighted by atomic mass is 10.2. The van der Waals surface area contributed by atoms with Gasteiger partial charge in [-0.3, -0.25) is 13.8 Å². The summed E-state index contributed by atoms with van der Waals surface area (Å²) in [4.78, 5) is 19.0. The largest absolute Gasteiger partial charge is 0.497 e. The predicted molar refractivity (Wildman–Crippen MR) is 200 cm³/mol. The van der Waals surface area contributed by atoms with Gasteiger partial charge in [0, 0.05) is 23.8 Å². The number of hydrogen-bond donors (Lipinski definition) is 0. The molecule has 0 aliphatic heterocycles. The number of imidazole rings is 1. The normalized spacial score (nSPS) is 12.0. The number of benzene rings is 4. The third-order valence-corrected chi connectivity index (χ3v) is 11.8. The Bertz CT molecular complexity index is 2560. The van der Waals surface area contributed by atoms with Crippen LogP contribution in [0.2, 0.25) is 5.02 Å². The zero-order chi connectivity index (χ0) is 35.9. The number of fused-ring (bicyclic) bond motifs is 4. The third kappa shape index (κ3) is 6.22. The molecule has 3 aromatic heterocycles. The highest BCUT2D eigenvalue weighted by Crippen LogP contribution is 2.33. The predicted octanol–water partition coefficient (Wildman–Crippen LogP) is 6.76. The van der Waals surface area contributed by atoms with Gasteiger partial charge in [-0.15, -0.1) is 10.2 Å². The van der Waals surface area contributed by atoms with Crippen LogP contribution in [0.5, 0.6) is 11.5 Å². The smallest absolute Gasteiger partial charge is 0.267 e. The Morgan fingerprint density at radius 1 is 0.824 bits per heavy atom. The van der Waals surface area contributed by atoms with Gasteiger partial charge in [-0.05, 0) is 91.9 Å². The summed E-state index contributed by atoms with van der Waals surface area (Å²) < 4.78 is 44.6. The summed E-state index contributed by atoms with van der Waals surface area (Å²) >= 11 is 7.86. The van der Waals surface area contributed by atoms with Crippen LogP contribution >= 0.6 is 23.4 Å². The van der Waals surface area contributed by atoms with Crippen LogP contribution in [-0.4, -0.2) is 68.2 Å². The van der Waals surface area contributed by atoms with Crippen molar-refractivity contribution in [1.29, 1.82) is 0 Å². The Balaban J connectivity index is 1.36. The van der Waals surface area contributed by atoms with E-state index in [0.717, 1.165) is 11.2 Å². The Hall–Kier alpha value is -4.89. The molecule has 0 saturated heterocycles. The molecular formula is C36H34ClN7O5S2. The lowest BCUT2D eigenvalue weighted by Crippen LogP contribution is -2.30. The SMILES string of the molecule is CCOc1ccc(-n2c(=O)c3ccc(Cl)cc3n3c(CSc4nc5cc(S(=O)(=O)N(CC)CC)ccc5n4-c4ccc(OC)cc4)nnc23)cc1. The molecule has 0 aliphatic rings. The molecule has 7 aromatic rings. The van der Waals surface area contributed by atoms with Crippen LogP contribution in [0.15, 0.2) is 99.8 Å². The van der Waals surface area contributed by atoms with Crippen LogP contribution in [0.4, 0.5) is 0 Å². The van der Waals surface area contributed by atoms with Crippen LogP contribution in [0.25, 0.3) is 39.1 Å². The maximum absolute atomic E-state index is 13.9. The van der Waals surface area contributed by atoms with E-state index in [-0.39, 0.29) is 10.5 Å². The zero-order valence-electron chi connectivity index (χ0n) is 28.3. The average Bonchev–Trinajstić information content (AvgIpc) is 3.73. The molecule has 0 radical (unpaired) electrons. The first-order valence-electron chi connectivity index (χ1n) is 16.3. The van der Waals surface area contributed by atoms with E-state index >= 15 is 0 Å². The van der Waals surface area contributed by atoms with Crippen molar-refractivity contribution >= 4 is 61.1 Å². The van der Waals surface area contributed by atoms with Crippen molar-refractivity contribution in [2.45, 2.75) is 36.6 Å². The van der Waals surface area contributed by atoms with E-state index in [1.807, 2.05) is 78.3 Å². The van der Waals surface area contributed by atoms with E-state index in [1.54, 1.807) is 43.5 Å². The van der Waals surface area contributed by atoms with Gasteiger partial charge in [0.15, 0.2) is 5.16 Å². The molecular weight excluding hydrogens is 710 g/mol. The van der Waals surface area contributed by atoms with Crippen molar-refractivity contribution in [3.05, 3.63) is 106 Å². The number of nitrogens with zero attached hydrogens (tertiary/aromatic N) is 7. The maximum atomic E-state index is 13.9. The molecule has 0 spiro atoms. The third-order valence-electron chi connectivity index (χ3n) is 8.55. The number of halogens is 1. The lowest BCUT2D eigenvalue weighted by Gasteiger charge is -2.18. The van der Waals surface area contributed by atoms with Crippen LogP contribution < -0.4 is 15.0 Å². The summed E-state index contributed by atoms with van der Waals surface area (Å²) in [7, 11) is -2.10. The molecule has 0 bridgehead atoms. The Morgan fingerprint density at radius 3 is 2.18 bits per heavy atom. The van der Waals surface area contributed by atoms with E-state index in [0.29, 0.717) is 80.8 Å². The van der Waals surface area contributed by atoms with Crippen LogP contribution in [-0.2, 0) is 15.8 Å². The van der Waals surface area contributed by atoms with E-state index in [2.05, 4.69) is 10.2 Å². The van der Waals surface area contributed by atoms with Gasteiger partial charge in [0.1, 0.15) is 17.3 Å². The number of thioether (sulfide) groups is 1. The van der Waals surface area contributed by atoms with Gasteiger partial charge in [-0.1, -0.05) is 37.2 Å². The van der Waals surface area contributed by atoms with Crippen molar-refractivity contribution in [2.24, 2.45) is 0 Å². The molecule has 0 saturated carbocycles. The first-order chi connectivity index (χ1) is 24.7. The van der Waals surface area contributed by atoms with Crippen molar-refractivity contribution < 1.29 is 17.9 Å². The second kappa shape index (κ2) is 14.0. The second-order valence-electron chi connectivity index (χ2n) is 11.4. The van der Waals surface area contributed by atoms with Gasteiger partial charge in [-0.2, -0.15) is 4.31 Å². The molecule has 0 N–H and O–H groups in total. The lowest BCUT2D eigenvalue weighted by molar-refractivity contribution is 0.340. The highest BCUT2D eigenvalue weighted by atomic mass is 35.5. The number of sulfonamides is 1. The summed E-state index contributed by atoms with van der Waals surface area (Å²) in [6.45, 7) is 6.78. The van der Waals surface area contributed by atoms with Crippen molar-refractivity contribution in [2.75, 3.05) is 26.8 Å². The first-order valence-corrected chi connectivity index (χ1v) is 19.1. The maximum Gasteiger partial charge on any atom is 0.267 e. The van der Waals surface area contributed by atoms with E-state index < -0.39 is 10.0 Å². The fraction of sp³-hybridized carbons (Fsp3) is 0.222. The van der Waals surface area contributed by atoms with E-state index in [1.165, 1.54) is 20.6 Å². The van der Waals surface area contributed by atoms with Gasteiger partial charge in [0.2, 0.25) is 15.8 Å². The topological polar surface area (TPSA) is 126 Å². The molecule has 0 fully saturated rings. The number of hydrogen-bond acceptors (Lipinski definition) is 9. The van der Waals surface area contributed by atoms with Crippen LogP contribution in [0, 0.1) is 0 Å². The second-order valence-corrected chi connectivity index (χ2v) is 14.8. The zero-order valence-corrected chi connectivity index (χ0v) is 30.7. The molecule has 0 atom stereocenters. The van der Waals surface area contributed by atoms with Gasteiger partial charge in [-0.25, -0.2) is 18.0 Å². The minimum Gasteiger partial charge on any atom is -0.497 e. The number of aromatic nitrogens is 6. The number of ether oxygens (including phenoxy) is 2. The standard InChI is InChI=1S/C36H34ClN7O5S2/c1-5-41(6-2)51(46,47)28-17-19-31-30(21-28)38-36(42(31)24-9-13-26(48-4)14-10-24)50-22-33-39-40-35-43(25-11-15-27(16-12-25)49-7-3)34(45)29-18-8-23(37)20-32(29)44(33)35/h8-21H,5-7,22H2,1-4H3. The summed E-state index contributed by atoms with van der Waals surface area (Å²) in [5.41, 5.74) is 2.98. The Morgan fingerprint density at radius 2 is 1.51 bits per heavy atom. The van der Waals surface area contributed by atoms with Gasteiger partial charge in [0.05, 0.1) is 52.0 Å². The summed E-state index contributed by atoms with van der Waals surface area (Å²) in [5, 5.41) is 10.6. The molecule has 0 unspecified atom stereocenters. The van der Waals surface area contributed by atoms with Crippen molar-refractivity contribution in [1.82, 2.24) is 33.0 Å². The van der Waals surface area contributed by atoms with Gasteiger partial charge < -0.3 is 9.47 Å². The minimum atomic E-state index is -3.71. The monoisotopic (exact) mass is 743 g/mol.